The maximum atomic E-state index is 13.8. The molecular formula is C65H76N10O12S. The molecule has 4 aliphatic rings. The molecular weight excluding hydrogens is 1140 g/mol. The van der Waals surface area contributed by atoms with E-state index >= 15 is 0 Å². The van der Waals surface area contributed by atoms with Gasteiger partial charge in [0.15, 0.2) is 0 Å². The Balaban J connectivity index is 0.701. The van der Waals surface area contributed by atoms with Gasteiger partial charge < -0.3 is 46.1 Å². The molecule has 1 aliphatic carbocycles. The van der Waals surface area contributed by atoms with E-state index in [0.717, 1.165) is 22.3 Å². The van der Waals surface area contributed by atoms with E-state index in [1.807, 2.05) is 55.5 Å². The minimum atomic E-state index is -3.91. The summed E-state index contributed by atoms with van der Waals surface area (Å²) < 4.78 is 45.5. The number of sulfonamides is 1. The number of amidine groups is 1. The lowest BCUT2D eigenvalue weighted by Gasteiger charge is -2.38. The van der Waals surface area contributed by atoms with Gasteiger partial charge in [-0.15, -0.1) is 0 Å². The highest BCUT2D eigenvalue weighted by atomic mass is 32.2. The van der Waals surface area contributed by atoms with Crippen LogP contribution in [0.1, 0.15) is 102 Å². The number of nitrogens with zero attached hydrogens (tertiary/aromatic N) is 4. The van der Waals surface area contributed by atoms with Gasteiger partial charge >= 0.3 is 18.3 Å². The molecule has 2 fully saturated rings. The molecule has 22 nitrogen and oxygen atoms in total. The smallest absolute Gasteiger partial charge is 0.426 e. The Bertz CT molecular complexity index is 3610. The van der Waals surface area contributed by atoms with E-state index in [1.54, 1.807) is 108 Å². The molecule has 0 aromatic heterocycles. The molecule has 2 saturated heterocycles. The fourth-order valence-electron chi connectivity index (χ4n) is 11.1. The molecule has 7 N–H and O–H groups in total. The Kier molecular flexibility index (Phi) is 19.7. The topological polar surface area (TPSA) is 290 Å². The number of carbonyl (C=O) groups excluding carboxylic acids is 7. The van der Waals surface area contributed by atoms with E-state index in [0.29, 0.717) is 65.0 Å². The number of nitrogens with one attached hydrogen (secondary N) is 5. The molecule has 3 aliphatic heterocycles. The van der Waals surface area contributed by atoms with Crippen LogP contribution in [-0.2, 0) is 50.0 Å². The summed E-state index contributed by atoms with van der Waals surface area (Å²) in [4.78, 5) is 99.4. The van der Waals surface area contributed by atoms with Crippen LogP contribution >= 0.6 is 0 Å². The van der Waals surface area contributed by atoms with Crippen LogP contribution in [-0.4, -0.2) is 133 Å². The van der Waals surface area contributed by atoms with E-state index in [9.17, 15) is 42.0 Å². The molecule has 23 heteroatoms. The number of benzene rings is 5. The van der Waals surface area contributed by atoms with Crippen molar-refractivity contribution >= 4 is 75.2 Å². The fraction of sp³-hybridized carbons (Fsp3) is 0.385. The van der Waals surface area contributed by atoms with Crippen molar-refractivity contribution in [2.75, 3.05) is 44.6 Å². The first-order chi connectivity index (χ1) is 42.0. The number of alkyl carbamates (subject to hydrolysis) is 2. The zero-order valence-corrected chi connectivity index (χ0v) is 51.3. The molecule has 0 saturated carbocycles. The molecule has 7 amide bonds. The number of ether oxygens (including phenoxy) is 3. The Morgan fingerprint density at radius 3 is 2.15 bits per heavy atom. The van der Waals surface area contributed by atoms with E-state index in [2.05, 4.69) is 31.7 Å². The molecule has 0 unspecified atom stereocenters. The summed E-state index contributed by atoms with van der Waals surface area (Å²) in [7, 11) is -3.91. The van der Waals surface area contributed by atoms with E-state index in [4.69, 9.17) is 19.9 Å². The maximum Gasteiger partial charge on any atom is 0.426 e. The van der Waals surface area contributed by atoms with Crippen LogP contribution in [0.5, 0.6) is 0 Å². The number of amides is 7. The van der Waals surface area contributed by atoms with E-state index < -0.39 is 75.7 Å². The van der Waals surface area contributed by atoms with Crippen LogP contribution in [0, 0.1) is 11.8 Å². The van der Waals surface area contributed by atoms with Crippen LogP contribution in [0.3, 0.4) is 0 Å². The van der Waals surface area contributed by atoms with Crippen LogP contribution in [0.25, 0.3) is 28.3 Å². The van der Waals surface area contributed by atoms with Crippen molar-refractivity contribution in [1.82, 2.24) is 35.6 Å². The molecule has 464 valence electrons. The zero-order valence-electron chi connectivity index (χ0n) is 50.5. The van der Waals surface area contributed by atoms with Crippen molar-refractivity contribution in [3.05, 3.63) is 143 Å². The molecule has 3 heterocycles. The second kappa shape index (κ2) is 27.3. The quantitative estimate of drug-likeness (QED) is 0.0335. The van der Waals surface area contributed by atoms with Gasteiger partial charge in [0, 0.05) is 67.8 Å². The minimum Gasteiger partial charge on any atom is -0.449 e. The second-order valence-corrected chi connectivity index (χ2v) is 25.7. The first-order valence-corrected chi connectivity index (χ1v) is 31.0. The number of fused-ring (bicyclic) bond motifs is 4. The van der Waals surface area contributed by atoms with Crippen LogP contribution < -0.4 is 32.4 Å². The molecule has 0 spiro atoms. The average Bonchev–Trinajstić information content (AvgIpc) is 1.70. The molecule has 0 bridgehead atoms. The number of aliphatic imine (C=N–C) groups is 1. The minimum absolute atomic E-state index is 0.0264. The van der Waals surface area contributed by atoms with Crippen molar-refractivity contribution < 1.29 is 56.2 Å². The van der Waals surface area contributed by atoms with Gasteiger partial charge in [-0.25, -0.2) is 38.2 Å². The predicted molar refractivity (Wildman–Crippen MR) is 332 cm³/mol. The number of hydrogen-bond donors (Lipinski definition) is 6. The Morgan fingerprint density at radius 2 is 1.48 bits per heavy atom. The second-order valence-electron chi connectivity index (χ2n) is 23.8. The monoisotopic (exact) mass is 1220 g/mol. The van der Waals surface area contributed by atoms with Crippen molar-refractivity contribution in [3.8, 4) is 22.3 Å². The number of rotatable bonds is 19. The molecule has 3 atom stereocenters. The first kappa shape index (κ1) is 63.4. The van der Waals surface area contributed by atoms with Gasteiger partial charge in [0.1, 0.15) is 42.8 Å². The first-order valence-electron chi connectivity index (χ1n) is 29.6. The lowest BCUT2D eigenvalue weighted by molar-refractivity contribution is -0.140. The van der Waals surface area contributed by atoms with Crippen LogP contribution in [0.15, 0.2) is 131 Å². The summed E-state index contributed by atoms with van der Waals surface area (Å²) in [5, 5.41) is 12.3. The highest BCUT2D eigenvalue weighted by Gasteiger charge is 2.40. The molecule has 0 radical (unpaired) electrons. The van der Waals surface area contributed by atoms with Crippen molar-refractivity contribution in [1.29, 1.82) is 0 Å². The zero-order chi connectivity index (χ0) is 63.0. The molecule has 9 rings (SSSR count). The Hall–Kier alpha value is -9.09. The van der Waals surface area contributed by atoms with Gasteiger partial charge in [0.25, 0.3) is 5.91 Å². The van der Waals surface area contributed by atoms with Gasteiger partial charge in [-0.05, 0) is 128 Å². The maximum absolute atomic E-state index is 13.8. The van der Waals surface area contributed by atoms with Crippen molar-refractivity contribution in [3.63, 3.8) is 0 Å². The number of hydrogen-bond acceptors (Lipinski definition) is 14. The van der Waals surface area contributed by atoms with Gasteiger partial charge in [-0.2, -0.15) is 4.31 Å². The number of carbonyl (C=O) groups is 7. The summed E-state index contributed by atoms with van der Waals surface area (Å²) >= 11 is 0. The largest absolute Gasteiger partial charge is 0.449 e. The summed E-state index contributed by atoms with van der Waals surface area (Å²) in [5.41, 5.74) is 16.1. The highest BCUT2D eigenvalue weighted by molar-refractivity contribution is 7.89. The number of nitrogens with two attached hydrogens (primary N) is 1. The van der Waals surface area contributed by atoms with Gasteiger partial charge in [-0.1, -0.05) is 106 Å². The summed E-state index contributed by atoms with van der Waals surface area (Å²) in [6.07, 6.45) is 1.01. The number of likely N-dealkylation sites (tertiary alicyclic amines) is 1. The van der Waals surface area contributed by atoms with E-state index in [-0.39, 0.29) is 74.3 Å². The Morgan fingerprint density at radius 1 is 0.795 bits per heavy atom. The lowest BCUT2D eigenvalue weighted by Crippen LogP contribution is -2.56. The number of anilines is 1. The van der Waals surface area contributed by atoms with Gasteiger partial charge in [-0.3, -0.25) is 19.2 Å². The standard InChI is InChI=1S/C65H76N10O12S/c1-8-28-75(72-64(82)87-65(5,6)7)61(79)46-30-45-25-24-44(32-54(45)70-56(66)33-46)43-15-13-16-48(31-43)88(83,84)73-35-42(36-73)34-67-62(80)85-37-41-22-26-47(27-23-41)69-59(77)57(39(2)3)71-58(76)55-21-14-29-74(55)60(78)40(4)68-63(81)86-38-53-51-19-11-9-17-49(51)50-18-10-12-20-52(50)53/h9-13,15-20,22-27,30-32,39-40,42,53,55,57H,8,14,21,28-29,33-38H2,1-7H3,(H2,66,70)(H,67,80)(H,68,81)(H,69,77)(H,71,76)(H,72,82)/t40-,55+,57+/m1/s1. The van der Waals surface area contributed by atoms with Crippen molar-refractivity contribution in [2.24, 2.45) is 22.6 Å². The third-order valence-electron chi connectivity index (χ3n) is 15.6. The summed E-state index contributed by atoms with van der Waals surface area (Å²) in [5.74, 6) is -2.32. The van der Waals surface area contributed by atoms with Crippen molar-refractivity contribution in [2.45, 2.75) is 115 Å². The SMILES string of the molecule is CCCN(NC(=O)OC(C)(C)C)C(=O)C1=Cc2ccc(-c3cccc(S(=O)(=O)N4CC(CNC(=O)OCc5ccc(NC(=O)[C@@H](NC(=O)[C@@H]6CCCN6C(=O)[C@@H](C)NC(=O)OCC6c7ccccc7-c7ccccc76)C(C)C)cc5)C4)c3)cc2N=C(N)C1. The summed E-state index contributed by atoms with van der Waals surface area (Å²) in [6.45, 7) is 13.2. The highest BCUT2D eigenvalue weighted by Crippen LogP contribution is 2.44. The summed E-state index contributed by atoms with van der Waals surface area (Å²) in [6, 6.07) is 31.7. The van der Waals surface area contributed by atoms with Crippen LogP contribution in [0.4, 0.5) is 25.8 Å². The third-order valence-corrected chi connectivity index (χ3v) is 17.4. The average molecular weight is 1220 g/mol. The van der Waals surface area contributed by atoms with Crippen LogP contribution in [0.2, 0.25) is 0 Å². The fourth-order valence-corrected chi connectivity index (χ4v) is 12.7. The normalized spacial score (nSPS) is 16.4. The molecule has 88 heavy (non-hydrogen) atoms. The lowest BCUT2D eigenvalue weighted by atomic mass is 9.98. The molecule has 5 aromatic rings. The predicted octanol–water partition coefficient (Wildman–Crippen LogP) is 8.35. The van der Waals surface area contributed by atoms with Gasteiger partial charge in [0.2, 0.25) is 27.7 Å². The molecule has 5 aromatic carbocycles. The number of hydrazine groups is 1. The van der Waals surface area contributed by atoms with Gasteiger partial charge in [0.05, 0.1) is 10.6 Å². The Labute approximate surface area is 512 Å². The third kappa shape index (κ3) is 15.2. The van der Waals surface area contributed by atoms with E-state index in [1.165, 1.54) is 20.3 Å².